The van der Waals surface area contributed by atoms with Crippen molar-refractivity contribution in [2.75, 3.05) is 0 Å². The molecule has 1 aliphatic rings. The lowest BCUT2D eigenvalue weighted by Gasteiger charge is -2.38. The van der Waals surface area contributed by atoms with Crippen LogP contribution in [0.3, 0.4) is 0 Å². The van der Waals surface area contributed by atoms with E-state index < -0.39 is 0 Å². The maximum absolute atomic E-state index is 9.91. The lowest BCUT2D eigenvalue weighted by atomic mass is 9.76. The molecule has 2 rings (SSSR count). The van der Waals surface area contributed by atoms with Gasteiger partial charge in [0.15, 0.2) is 0 Å². The van der Waals surface area contributed by atoms with Crippen LogP contribution >= 0.6 is 0 Å². The fraction of sp³-hybridized carbons (Fsp3) is 0.786. The van der Waals surface area contributed by atoms with Crippen molar-refractivity contribution in [1.82, 2.24) is 9.55 Å². The third-order valence-electron chi connectivity index (χ3n) is 4.12. The van der Waals surface area contributed by atoms with E-state index >= 15 is 0 Å². The van der Waals surface area contributed by atoms with Gasteiger partial charge in [0.1, 0.15) is 5.82 Å². The molecule has 0 aromatic carbocycles. The van der Waals surface area contributed by atoms with E-state index in [2.05, 4.69) is 36.5 Å². The second-order valence-corrected chi connectivity index (χ2v) is 5.55. The van der Waals surface area contributed by atoms with Gasteiger partial charge in [0.2, 0.25) is 0 Å². The van der Waals surface area contributed by atoms with E-state index in [0.29, 0.717) is 17.9 Å². The third kappa shape index (κ3) is 2.54. The van der Waals surface area contributed by atoms with Gasteiger partial charge in [-0.1, -0.05) is 20.8 Å². The highest BCUT2D eigenvalue weighted by Crippen LogP contribution is 2.39. The molecule has 17 heavy (non-hydrogen) atoms. The van der Waals surface area contributed by atoms with Gasteiger partial charge in [-0.2, -0.15) is 0 Å². The molecule has 3 nitrogen and oxygen atoms in total. The summed E-state index contributed by atoms with van der Waals surface area (Å²) in [5.41, 5.74) is 0. The summed E-state index contributed by atoms with van der Waals surface area (Å²) in [5.74, 6) is 2.48. The first-order valence-electron chi connectivity index (χ1n) is 6.83. The smallest absolute Gasteiger partial charge is 0.108 e. The predicted octanol–water partition coefficient (Wildman–Crippen LogP) is 2.80. The SMILES string of the molecule is CCc1nccn1C1CC(O)CCC1C(C)C. The Morgan fingerprint density at radius 1 is 1.47 bits per heavy atom. The third-order valence-corrected chi connectivity index (χ3v) is 4.12. The van der Waals surface area contributed by atoms with Crippen LogP contribution in [-0.2, 0) is 6.42 Å². The van der Waals surface area contributed by atoms with Crippen LogP contribution in [0.15, 0.2) is 12.4 Å². The van der Waals surface area contributed by atoms with Crippen LogP contribution in [0.2, 0.25) is 0 Å². The molecule has 0 saturated heterocycles. The molecule has 3 atom stereocenters. The lowest BCUT2D eigenvalue weighted by molar-refractivity contribution is 0.0558. The molecular formula is C14H24N2O. The first-order valence-corrected chi connectivity index (χ1v) is 6.83. The summed E-state index contributed by atoms with van der Waals surface area (Å²) in [4.78, 5) is 4.41. The monoisotopic (exact) mass is 236 g/mol. The number of hydrogen-bond donors (Lipinski definition) is 1. The van der Waals surface area contributed by atoms with E-state index in [-0.39, 0.29) is 6.10 Å². The second-order valence-electron chi connectivity index (χ2n) is 5.55. The fourth-order valence-corrected chi connectivity index (χ4v) is 3.17. The Kier molecular flexibility index (Phi) is 3.87. The van der Waals surface area contributed by atoms with E-state index in [4.69, 9.17) is 0 Å². The number of aliphatic hydroxyl groups excluding tert-OH is 1. The fourth-order valence-electron chi connectivity index (χ4n) is 3.17. The quantitative estimate of drug-likeness (QED) is 0.876. The molecule has 3 heteroatoms. The molecular weight excluding hydrogens is 212 g/mol. The molecule has 1 fully saturated rings. The van der Waals surface area contributed by atoms with Gasteiger partial charge in [0, 0.05) is 24.9 Å². The summed E-state index contributed by atoms with van der Waals surface area (Å²) >= 11 is 0. The predicted molar refractivity (Wildman–Crippen MR) is 68.8 cm³/mol. The lowest BCUT2D eigenvalue weighted by Crippen LogP contribution is -2.33. The molecule has 96 valence electrons. The topological polar surface area (TPSA) is 38.0 Å². The minimum atomic E-state index is -0.137. The highest BCUT2D eigenvalue weighted by Gasteiger charge is 2.33. The zero-order valence-corrected chi connectivity index (χ0v) is 11.1. The first kappa shape index (κ1) is 12.6. The Labute approximate surface area is 104 Å². The zero-order valence-electron chi connectivity index (χ0n) is 11.1. The van der Waals surface area contributed by atoms with Gasteiger partial charge in [-0.15, -0.1) is 0 Å². The number of nitrogens with zero attached hydrogens (tertiary/aromatic N) is 2. The summed E-state index contributed by atoms with van der Waals surface area (Å²) in [5, 5.41) is 9.91. The van der Waals surface area contributed by atoms with Crippen LogP contribution in [-0.4, -0.2) is 20.8 Å². The van der Waals surface area contributed by atoms with E-state index in [9.17, 15) is 5.11 Å². The van der Waals surface area contributed by atoms with Crippen molar-refractivity contribution in [2.24, 2.45) is 11.8 Å². The molecule has 1 aromatic heterocycles. The van der Waals surface area contributed by atoms with E-state index in [1.54, 1.807) is 0 Å². The van der Waals surface area contributed by atoms with Crippen LogP contribution < -0.4 is 0 Å². The Morgan fingerprint density at radius 3 is 2.88 bits per heavy atom. The standard InChI is InChI=1S/C14H24N2O/c1-4-14-15-7-8-16(14)13-9-11(17)5-6-12(13)10(2)3/h7-8,10-13,17H,4-6,9H2,1-3H3. The van der Waals surface area contributed by atoms with Crippen LogP contribution in [0.1, 0.15) is 51.9 Å². The zero-order chi connectivity index (χ0) is 12.4. The molecule has 0 bridgehead atoms. The summed E-state index contributed by atoms with van der Waals surface area (Å²) in [7, 11) is 0. The summed E-state index contributed by atoms with van der Waals surface area (Å²) < 4.78 is 2.30. The van der Waals surface area contributed by atoms with Crippen molar-refractivity contribution in [3.63, 3.8) is 0 Å². The van der Waals surface area contributed by atoms with Gasteiger partial charge < -0.3 is 9.67 Å². The van der Waals surface area contributed by atoms with Gasteiger partial charge in [-0.25, -0.2) is 4.98 Å². The van der Waals surface area contributed by atoms with Crippen molar-refractivity contribution in [3.05, 3.63) is 18.2 Å². The highest BCUT2D eigenvalue weighted by molar-refractivity contribution is 4.98. The van der Waals surface area contributed by atoms with E-state index in [1.165, 1.54) is 0 Å². The Hall–Kier alpha value is -0.830. The van der Waals surface area contributed by atoms with Gasteiger partial charge >= 0.3 is 0 Å². The van der Waals surface area contributed by atoms with Crippen molar-refractivity contribution < 1.29 is 5.11 Å². The maximum atomic E-state index is 9.91. The van der Waals surface area contributed by atoms with E-state index in [0.717, 1.165) is 31.5 Å². The normalized spacial score (nSPS) is 29.8. The molecule has 1 saturated carbocycles. The molecule has 1 N–H and O–H groups in total. The number of aliphatic hydroxyl groups is 1. The van der Waals surface area contributed by atoms with Crippen LogP contribution in [0.5, 0.6) is 0 Å². The van der Waals surface area contributed by atoms with Gasteiger partial charge in [-0.3, -0.25) is 0 Å². The van der Waals surface area contributed by atoms with Crippen molar-refractivity contribution in [3.8, 4) is 0 Å². The Balaban J connectivity index is 2.25. The van der Waals surface area contributed by atoms with Gasteiger partial charge in [-0.05, 0) is 31.1 Å². The molecule has 3 unspecified atom stereocenters. The maximum Gasteiger partial charge on any atom is 0.108 e. The molecule has 0 aliphatic heterocycles. The van der Waals surface area contributed by atoms with Crippen molar-refractivity contribution >= 4 is 0 Å². The summed E-state index contributed by atoms with van der Waals surface area (Å²) in [6.07, 6.45) is 7.76. The number of aryl methyl sites for hydroxylation is 1. The first-order chi connectivity index (χ1) is 8.13. The van der Waals surface area contributed by atoms with Gasteiger partial charge in [0.25, 0.3) is 0 Å². The van der Waals surface area contributed by atoms with Crippen LogP contribution in [0.4, 0.5) is 0 Å². The average molecular weight is 236 g/mol. The molecule has 1 heterocycles. The minimum Gasteiger partial charge on any atom is -0.393 e. The molecule has 1 aliphatic carbocycles. The second kappa shape index (κ2) is 5.21. The summed E-state index contributed by atoms with van der Waals surface area (Å²) in [6, 6.07) is 0.427. The highest BCUT2D eigenvalue weighted by atomic mass is 16.3. The number of hydrogen-bond acceptors (Lipinski definition) is 2. The summed E-state index contributed by atoms with van der Waals surface area (Å²) in [6.45, 7) is 6.72. The molecule has 1 aromatic rings. The molecule has 0 amide bonds. The van der Waals surface area contributed by atoms with Crippen molar-refractivity contribution in [2.45, 2.75) is 58.6 Å². The van der Waals surface area contributed by atoms with Gasteiger partial charge in [0.05, 0.1) is 6.10 Å². The molecule has 0 radical (unpaired) electrons. The van der Waals surface area contributed by atoms with Crippen LogP contribution in [0.25, 0.3) is 0 Å². The van der Waals surface area contributed by atoms with Crippen molar-refractivity contribution in [1.29, 1.82) is 0 Å². The van der Waals surface area contributed by atoms with E-state index in [1.807, 2.05) is 6.20 Å². The average Bonchev–Trinajstić information content (AvgIpc) is 2.76. The Morgan fingerprint density at radius 2 is 2.24 bits per heavy atom. The minimum absolute atomic E-state index is 0.137. The Bertz CT molecular complexity index is 359. The number of imidazole rings is 1. The molecule has 0 spiro atoms. The van der Waals surface area contributed by atoms with Crippen LogP contribution in [0, 0.1) is 11.8 Å². The largest absolute Gasteiger partial charge is 0.393 e. The number of rotatable bonds is 3. The number of aromatic nitrogens is 2.